The molecule has 2 atom stereocenters. The maximum absolute atomic E-state index is 12.8. The zero-order valence-electron chi connectivity index (χ0n) is 16.9. The molecule has 31 heavy (non-hydrogen) atoms. The van der Waals surface area contributed by atoms with Crippen LogP contribution in [0.25, 0.3) is 11.3 Å². The van der Waals surface area contributed by atoms with E-state index >= 15 is 0 Å². The van der Waals surface area contributed by atoms with Gasteiger partial charge in [-0.05, 0) is 25.0 Å². The molecule has 11 nitrogen and oxygen atoms in total. The minimum atomic E-state index is -1.02. The second-order valence-corrected chi connectivity index (χ2v) is 7.41. The molecule has 3 aromatic heterocycles. The molecule has 0 saturated heterocycles. The number of fused-ring (bicyclic) bond motifs is 6. The van der Waals surface area contributed by atoms with E-state index in [2.05, 4.69) is 25.8 Å². The summed E-state index contributed by atoms with van der Waals surface area (Å²) >= 11 is 0. The maximum Gasteiger partial charge on any atom is 0.274 e. The molecule has 4 N–H and O–H groups in total. The first-order chi connectivity index (χ1) is 14.9. The number of aliphatic hydroxyl groups is 2. The van der Waals surface area contributed by atoms with E-state index in [1.165, 1.54) is 9.36 Å². The first-order valence-corrected chi connectivity index (χ1v) is 9.90. The Balaban J connectivity index is 1.68. The van der Waals surface area contributed by atoms with Gasteiger partial charge in [0, 0.05) is 31.5 Å². The summed E-state index contributed by atoms with van der Waals surface area (Å²) < 4.78 is 2.95. The Morgan fingerprint density at radius 3 is 2.74 bits per heavy atom. The minimum absolute atomic E-state index is 0.0787. The molecule has 2 unspecified atom stereocenters. The third kappa shape index (κ3) is 4.62. The van der Waals surface area contributed by atoms with Crippen molar-refractivity contribution in [3.8, 4) is 11.3 Å². The Labute approximate surface area is 177 Å². The van der Waals surface area contributed by atoms with E-state index in [0.29, 0.717) is 24.1 Å². The van der Waals surface area contributed by atoms with Crippen LogP contribution in [0.1, 0.15) is 33.8 Å². The van der Waals surface area contributed by atoms with E-state index in [9.17, 15) is 19.8 Å². The lowest BCUT2D eigenvalue weighted by molar-refractivity contribution is 0.00206. The number of hydrogen-bond donors (Lipinski definition) is 4. The lowest BCUT2D eigenvalue weighted by Crippen LogP contribution is -2.32. The summed E-state index contributed by atoms with van der Waals surface area (Å²) in [6.07, 6.45) is 3.59. The highest BCUT2D eigenvalue weighted by Crippen LogP contribution is 2.19. The predicted molar refractivity (Wildman–Crippen MR) is 110 cm³/mol. The van der Waals surface area contributed by atoms with Crippen LogP contribution in [-0.2, 0) is 13.6 Å². The van der Waals surface area contributed by atoms with Crippen molar-refractivity contribution in [1.82, 2.24) is 29.9 Å². The number of nitrogens with zero attached hydrogens (tertiary/aromatic N) is 5. The molecular formula is C20H23N7O4. The van der Waals surface area contributed by atoms with Crippen LogP contribution in [0, 0.1) is 0 Å². The summed E-state index contributed by atoms with van der Waals surface area (Å²) in [5.74, 6) is -0.924. The van der Waals surface area contributed by atoms with Gasteiger partial charge in [-0.2, -0.15) is 10.2 Å². The van der Waals surface area contributed by atoms with E-state index in [0.717, 1.165) is 0 Å². The van der Waals surface area contributed by atoms with E-state index in [1.54, 1.807) is 43.8 Å². The first-order valence-electron chi connectivity index (χ1n) is 9.90. The van der Waals surface area contributed by atoms with Crippen molar-refractivity contribution in [2.75, 3.05) is 11.9 Å². The van der Waals surface area contributed by atoms with Gasteiger partial charge in [0.25, 0.3) is 11.8 Å². The van der Waals surface area contributed by atoms with Crippen LogP contribution < -0.4 is 10.6 Å². The second kappa shape index (κ2) is 8.66. The smallest absolute Gasteiger partial charge is 0.274 e. The molecule has 1 aliphatic heterocycles. The van der Waals surface area contributed by atoms with Gasteiger partial charge in [0.15, 0.2) is 5.69 Å². The fourth-order valence-corrected chi connectivity index (χ4v) is 3.35. The van der Waals surface area contributed by atoms with Crippen molar-refractivity contribution in [2.24, 2.45) is 7.05 Å². The highest BCUT2D eigenvalue weighted by Gasteiger charge is 2.21. The minimum Gasteiger partial charge on any atom is -0.390 e. The number of nitrogens with one attached hydrogen (secondary N) is 2. The summed E-state index contributed by atoms with van der Waals surface area (Å²) in [4.78, 5) is 29.7. The lowest BCUT2D eigenvalue weighted by atomic mass is 10.1. The molecule has 1 aliphatic rings. The Kier molecular flexibility index (Phi) is 5.78. The molecule has 0 spiro atoms. The number of anilines is 1. The summed E-state index contributed by atoms with van der Waals surface area (Å²) in [5.41, 5.74) is 1.70. The fourth-order valence-electron chi connectivity index (χ4n) is 3.35. The zero-order valence-corrected chi connectivity index (χ0v) is 16.9. The summed E-state index contributed by atoms with van der Waals surface area (Å²) in [6.45, 7) is 0.382. The second-order valence-electron chi connectivity index (χ2n) is 7.41. The summed E-state index contributed by atoms with van der Waals surface area (Å²) in [7, 11) is 1.65. The van der Waals surface area contributed by atoms with E-state index in [-0.39, 0.29) is 30.2 Å². The van der Waals surface area contributed by atoms with Crippen LogP contribution in [0.2, 0.25) is 0 Å². The molecule has 0 saturated carbocycles. The molecule has 0 fully saturated rings. The van der Waals surface area contributed by atoms with Gasteiger partial charge in [-0.25, -0.2) is 4.98 Å². The Hall–Kier alpha value is -3.57. The van der Waals surface area contributed by atoms with Gasteiger partial charge >= 0.3 is 0 Å². The normalized spacial score (nSPS) is 20.2. The fraction of sp³-hybridized carbons (Fsp3) is 0.350. The number of carbonyl (C=O) groups excluding carboxylic acids is 2. The van der Waals surface area contributed by atoms with E-state index < -0.39 is 24.0 Å². The molecule has 0 aliphatic carbocycles. The average molecular weight is 425 g/mol. The van der Waals surface area contributed by atoms with Crippen LogP contribution in [0.15, 0.2) is 36.8 Å². The molecule has 2 amide bonds. The Bertz CT molecular complexity index is 1110. The summed E-state index contributed by atoms with van der Waals surface area (Å²) in [6, 6.07) is 5.00. The molecule has 4 bridgehead atoms. The number of hydrogen-bond acceptors (Lipinski definition) is 7. The molecule has 3 aromatic rings. The van der Waals surface area contributed by atoms with Crippen molar-refractivity contribution in [2.45, 2.75) is 31.6 Å². The maximum atomic E-state index is 12.8. The van der Waals surface area contributed by atoms with E-state index in [4.69, 9.17) is 0 Å². The molecule has 162 valence electrons. The predicted octanol–water partition coefficient (Wildman–Crippen LogP) is 0.176. The molecule has 0 aromatic carbocycles. The topological polar surface area (TPSA) is 147 Å². The third-order valence-electron chi connectivity index (χ3n) is 4.98. The Morgan fingerprint density at radius 2 is 1.90 bits per heavy atom. The SMILES string of the molecule is Cn1cc2c(n1)C(=O)NCCCC(O)C(O)Cn1cc(cn1)-c1cccc(n1)C(=O)N2. The standard InChI is InChI=1S/C20H23N7O4/c1-26-10-15-18(25-26)20(31)21-7-3-6-16(28)17(29)11-27-9-12(8-22-27)13-4-2-5-14(23-13)19(30)24-15/h2,4-5,8-10,16-17,28-29H,3,6-7,11H2,1H3,(H,21,31)(H,24,30). The summed E-state index contributed by atoms with van der Waals surface area (Å²) in [5, 5.41) is 34.3. The highest BCUT2D eigenvalue weighted by atomic mass is 16.3. The van der Waals surface area contributed by atoms with Crippen LogP contribution in [0.3, 0.4) is 0 Å². The van der Waals surface area contributed by atoms with Crippen molar-refractivity contribution in [3.63, 3.8) is 0 Å². The van der Waals surface area contributed by atoms with Crippen LogP contribution in [0.4, 0.5) is 5.69 Å². The molecule has 0 radical (unpaired) electrons. The number of aryl methyl sites for hydroxylation is 1. The molecule has 4 heterocycles. The highest BCUT2D eigenvalue weighted by molar-refractivity contribution is 6.07. The zero-order chi connectivity index (χ0) is 22.0. The van der Waals surface area contributed by atoms with Gasteiger partial charge in [-0.15, -0.1) is 0 Å². The number of aromatic nitrogens is 5. The largest absolute Gasteiger partial charge is 0.390 e. The lowest BCUT2D eigenvalue weighted by Gasteiger charge is -2.18. The molecular weight excluding hydrogens is 402 g/mol. The van der Waals surface area contributed by atoms with Crippen molar-refractivity contribution in [3.05, 3.63) is 48.2 Å². The molecule has 11 heteroatoms. The van der Waals surface area contributed by atoms with Crippen LogP contribution in [0.5, 0.6) is 0 Å². The van der Waals surface area contributed by atoms with Gasteiger partial charge in [0.2, 0.25) is 0 Å². The average Bonchev–Trinajstić information content (AvgIpc) is 3.36. The number of rotatable bonds is 0. The monoisotopic (exact) mass is 425 g/mol. The number of carbonyl (C=O) groups is 2. The van der Waals surface area contributed by atoms with Crippen LogP contribution in [-0.4, -0.2) is 65.3 Å². The number of pyridine rings is 1. The van der Waals surface area contributed by atoms with Crippen molar-refractivity contribution < 1.29 is 19.8 Å². The third-order valence-corrected chi connectivity index (χ3v) is 4.98. The van der Waals surface area contributed by atoms with E-state index in [1.807, 2.05) is 0 Å². The number of amides is 2. The van der Waals surface area contributed by atoms with Gasteiger partial charge in [0.05, 0.1) is 36.3 Å². The first kappa shape index (κ1) is 20.7. The Morgan fingerprint density at radius 1 is 1.10 bits per heavy atom. The van der Waals surface area contributed by atoms with Gasteiger partial charge < -0.3 is 20.8 Å². The number of aliphatic hydroxyl groups excluding tert-OH is 2. The van der Waals surface area contributed by atoms with Gasteiger partial charge in [-0.3, -0.25) is 19.0 Å². The van der Waals surface area contributed by atoms with Gasteiger partial charge in [0.1, 0.15) is 5.69 Å². The van der Waals surface area contributed by atoms with Crippen LogP contribution >= 0.6 is 0 Å². The van der Waals surface area contributed by atoms with Gasteiger partial charge in [-0.1, -0.05) is 6.07 Å². The quantitative estimate of drug-likeness (QED) is 0.402. The van der Waals surface area contributed by atoms with Crippen molar-refractivity contribution >= 4 is 17.5 Å². The van der Waals surface area contributed by atoms with Crippen molar-refractivity contribution in [1.29, 1.82) is 0 Å². The molecule has 4 rings (SSSR count).